The molecule has 1 aromatic heterocycles. The molecule has 0 spiro atoms. The SMILES string of the molecule is O=C(NCc1cccc(F)c1)c1ncccc1Br. The molecule has 92 valence electrons. The number of rotatable bonds is 3. The molecule has 0 aliphatic heterocycles. The largest absolute Gasteiger partial charge is 0.347 e. The highest BCUT2D eigenvalue weighted by Gasteiger charge is 2.10. The van der Waals surface area contributed by atoms with Crippen molar-refractivity contribution in [2.24, 2.45) is 0 Å². The van der Waals surface area contributed by atoms with E-state index in [1.54, 1.807) is 30.5 Å². The molecule has 0 saturated carbocycles. The lowest BCUT2D eigenvalue weighted by Gasteiger charge is -2.06. The number of carbonyl (C=O) groups is 1. The lowest BCUT2D eigenvalue weighted by Crippen LogP contribution is -2.24. The zero-order valence-electron chi connectivity index (χ0n) is 9.36. The highest BCUT2D eigenvalue weighted by molar-refractivity contribution is 9.10. The van der Waals surface area contributed by atoms with Gasteiger partial charge >= 0.3 is 0 Å². The molecule has 1 aromatic carbocycles. The molecule has 0 aliphatic rings. The Kier molecular flexibility index (Phi) is 4.04. The molecule has 3 nitrogen and oxygen atoms in total. The molecule has 2 aromatic rings. The van der Waals surface area contributed by atoms with Crippen molar-refractivity contribution in [3.05, 3.63) is 64.1 Å². The number of aromatic nitrogens is 1. The summed E-state index contributed by atoms with van der Waals surface area (Å²) in [5, 5.41) is 2.69. The summed E-state index contributed by atoms with van der Waals surface area (Å²) < 4.78 is 13.6. The maximum Gasteiger partial charge on any atom is 0.271 e. The maximum atomic E-state index is 12.9. The van der Waals surface area contributed by atoms with Crippen molar-refractivity contribution >= 4 is 21.8 Å². The molecule has 1 N–H and O–H groups in total. The summed E-state index contributed by atoms with van der Waals surface area (Å²) in [6.07, 6.45) is 1.54. The number of benzene rings is 1. The van der Waals surface area contributed by atoms with Crippen LogP contribution in [0.3, 0.4) is 0 Å². The van der Waals surface area contributed by atoms with Crippen LogP contribution in [-0.2, 0) is 6.54 Å². The van der Waals surface area contributed by atoms with Crippen LogP contribution in [0, 0.1) is 5.82 Å². The summed E-state index contributed by atoms with van der Waals surface area (Å²) >= 11 is 3.25. The minimum atomic E-state index is -0.319. The maximum absolute atomic E-state index is 12.9. The van der Waals surface area contributed by atoms with Gasteiger partial charge in [0.05, 0.1) is 0 Å². The third-order valence-electron chi connectivity index (χ3n) is 2.32. The van der Waals surface area contributed by atoms with Crippen LogP contribution in [0.4, 0.5) is 4.39 Å². The highest BCUT2D eigenvalue weighted by Crippen LogP contribution is 2.13. The molecule has 0 atom stereocenters. The first-order valence-corrected chi connectivity index (χ1v) is 6.09. The second-order valence-corrected chi connectivity index (χ2v) is 4.50. The lowest BCUT2D eigenvalue weighted by molar-refractivity contribution is 0.0945. The molecule has 0 unspecified atom stereocenters. The van der Waals surface area contributed by atoms with Crippen LogP contribution < -0.4 is 5.32 Å². The Morgan fingerprint density at radius 1 is 1.33 bits per heavy atom. The molecular weight excluding hydrogens is 299 g/mol. The number of nitrogens with one attached hydrogen (secondary N) is 1. The second-order valence-electron chi connectivity index (χ2n) is 3.65. The summed E-state index contributed by atoms with van der Waals surface area (Å²) in [6.45, 7) is 0.263. The number of halogens is 2. The lowest BCUT2D eigenvalue weighted by atomic mass is 10.2. The molecule has 2 rings (SSSR count). The number of pyridine rings is 1. The Balaban J connectivity index is 2.03. The van der Waals surface area contributed by atoms with Gasteiger partial charge in [-0.25, -0.2) is 9.37 Å². The molecule has 1 heterocycles. The fourth-order valence-electron chi connectivity index (χ4n) is 1.47. The minimum absolute atomic E-state index is 0.263. The fraction of sp³-hybridized carbons (Fsp3) is 0.0769. The Morgan fingerprint density at radius 2 is 2.17 bits per heavy atom. The molecule has 0 saturated heterocycles. The number of hydrogen-bond donors (Lipinski definition) is 1. The third kappa shape index (κ3) is 3.13. The number of nitrogens with zero attached hydrogens (tertiary/aromatic N) is 1. The molecule has 0 fully saturated rings. The zero-order chi connectivity index (χ0) is 13.0. The second kappa shape index (κ2) is 5.73. The van der Waals surface area contributed by atoms with Crippen molar-refractivity contribution in [1.29, 1.82) is 0 Å². The van der Waals surface area contributed by atoms with Gasteiger partial charge in [-0.05, 0) is 45.8 Å². The van der Waals surface area contributed by atoms with E-state index in [0.717, 1.165) is 0 Å². The van der Waals surface area contributed by atoms with E-state index in [9.17, 15) is 9.18 Å². The van der Waals surface area contributed by atoms with E-state index >= 15 is 0 Å². The van der Waals surface area contributed by atoms with E-state index in [1.807, 2.05) is 0 Å². The van der Waals surface area contributed by atoms with E-state index in [4.69, 9.17) is 0 Å². The van der Waals surface area contributed by atoms with E-state index in [1.165, 1.54) is 12.1 Å². The average Bonchev–Trinajstić information content (AvgIpc) is 2.37. The quantitative estimate of drug-likeness (QED) is 0.947. The molecule has 0 aliphatic carbocycles. The first-order valence-electron chi connectivity index (χ1n) is 5.30. The molecule has 0 radical (unpaired) electrons. The first-order chi connectivity index (χ1) is 8.66. The Bertz CT molecular complexity index is 574. The van der Waals surface area contributed by atoms with Crippen LogP contribution in [0.1, 0.15) is 16.1 Å². The van der Waals surface area contributed by atoms with Crippen LogP contribution >= 0.6 is 15.9 Å². The smallest absolute Gasteiger partial charge is 0.271 e. The van der Waals surface area contributed by atoms with E-state index in [-0.39, 0.29) is 18.3 Å². The Labute approximate surface area is 112 Å². The summed E-state index contributed by atoms with van der Waals surface area (Å²) in [5.74, 6) is -0.618. The van der Waals surface area contributed by atoms with Gasteiger partial charge < -0.3 is 5.32 Å². The van der Waals surface area contributed by atoms with Gasteiger partial charge in [0, 0.05) is 17.2 Å². The molecule has 18 heavy (non-hydrogen) atoms. The van der Waals surface area contributed by atoms with Crippen molar-refractivity contribution in [3.63, 3.8) is 0 Å². The zero-order valence-corrected chi connectivity index (χ0v) is 10.9. The molecule has 5 heteroatoms. The molecular formula is C13H10BrFN2O. The fourth-order valence-corrected chi connectivity index (χ4v) is 1.90. The predicted octanol–water partition coefficient (Wildman–Crippen LogP) is 2.91. The average molecular weight is 309 g/mol. The van der Waals surface area contributed by atoms with Crippen LogP contribution in [0.15, 0.2) is 47.1 Å². The van der Waals surface area contributed by atoms with Crippen LogP contribution in [-0.4, -0.2) is 10.9 Å². The Hall–Kier alpha value is -1.75. The summed E-state index contributed by atoms with van der Waals surface area (Å²) in [4.78, 5) is 15.8. The Morgan fingerprint density at radius 3 is 2.89 bits per heavy atom. The van der Waals surface area contributed by atoms with Crippen molar-refractivity contribution in [3.8, 4) is 0 Å². The first kappa shape index (κ1) is 12.7. The van der Waals surface area contributed by atoms with Crippen molar-refractivity contribution in [2.75, 3.05) is 0 Å². The summed E-state index contributed by atoms with van der Waals surface area (Å²) in [7, 11) is 0. The molecule has 0 bridgehead atoms. The van der Waals surface area contributed by atoms with Gasteiger partial charge in [0.1, 0.15) is 11.5 Å². The van der Waals surface area contributed by atoms with Crippen molar-refractivity contribution in [2.45, 2.75) is 6.54 Å². The number of hydrogen-bond acceptors (Lipinski definition) is 2. The predicted molar refractivity (Wildman–Crippen MR) is 69.5 cm³/mol. The van der Waals surface area contributed by atoms with E-state index in [2.05, 4.69) is 26.2 Å². The monoisotopic (exact) mass is 308 g/mol. The van der Waals surface area contributed by atoms with Crippen molar-refractivity contribution < 1.29 is 9.18 Å². The normalized spacial score (nSPS) is 10.1. The van der Waals surface area contributed by atoms with Gasteiger partial charge in [-0.15, -0.1) is 0 Å². The van der Waals surface area contributed by atoms with Crippen LogP contribution in [0.25, 0.3) is 0 Å². The van der Waals surface area contributed by atoms with Gasteiger partial charge in [-0.1, -0.05) is 12.1 Å². The van der Waals surface area contributed by atoms with Crippen LogP contribution in [0.2, 0.25) is 0 Å². The summed E-state index contributed by atoms with van der Waals surface area (Å²) in [5.41, 5.74) is 1.02. The van der Waals surface area contributed by atoms with Crippen LogP contribution in [0.5, 0.6) is 0 Å². The highest BCUT2D eigenvalue weighted by atomic mass is 79.9. The van der Waals surface area contributed by atoms with E-state index < -0.39 is 0 Å². The third-order valence-corrected chi connectivity index (χ3v) is 2.96. The number of amides is 1. The summed E-state index contributed by atoms with van der Waals surface area (Å²) in [6, 6.07) is 9.57. The van der Waals surface area contributed by atoms with Gasteiger partial charge in [0.25, 0.3) is 5.91 Å². The molecule has 1 amide bonds. The van der Waals surface area contributed by atoms with E-state index in [0.29, 0.717) is 15.7 Å². The minimum Gasteiger partial charge on any atom is -0.347 e. The number of carbonyl (C=O) groups excluding carboxylic acids is 1. The standard InChI is InChI=1S/C13H10BrFN2O/c14-11-5-2-6-16-12(11)13(18)17-8-9-3-1-4-10(15)7-9/h1-7H,8H2,(H,17,18). The van der Waals surface area contributed by atoms with Gasteiger partial charge in [-0.2, -0.15) is 0 Å². The topological polar surface area (TPSA) is 42.0 Å². The van der Waals surface area contributed by atoms with Gasteiger partial charge in [-0.3, -0.25) is 4.79 Å². The van der Waals surface area contributed by atoms with Gasteiger partial charge in [0.2, 0.25) is 0 Å². The van der Waals surface area contributed by atoms with Crippen molar-refractivity contribution in [1.82, 2.24) is 10.3 Å². The van der Waals surface area contributed by atoms with Gasteiger partial charge in [0.15, 0.2) is 0 Å².